The van der Waals surface area contributed by atoms with E-state index in [1.165, 1.54) is 44.3 Å². The first kappa shape index (κ1) is 48.1. The number of rotatable bonds is 11. The predicted octanol–water partition coefficient (Wildman–Crippen LogP) is 16.4. The summed E-state index contributed by atoms with van der Waals surface area (Å²) in [5.74, 6) is 2.35. The highest BCUT2D eigenvalue weighted by atomic mass is 16.5. The van der Waals surface area contributed by atoms with Crippen LogP contribution in [0.5, 0.6) is 11.5 Å². The van der Waals surface area contributed by atoms with Gasteiger partial charge in [0.1, 0.15) is 17.3 Å². The summed E-state index contributed by atoms with van der Waals surface area (Å²) < 4.78 is 13.5. The molecule has 0 amide bonds. The molecule has 0 bridgehead atoms. The molecule has 5 heteroatoms. The van der Waals surface area contributed by atoms with Crippen LogP contribution in [0.25, 0.3) is 39.0 Å². The molecular weight excluding hydrogens is 877 g/mol. The van der Waals surface area contributed by atoms with Crippen molar-refractivity contribution in [3.8, 4) is 28.7 Å². The van der Waals surface area contributed by atoms with Gasteiger partial charge in [-0.05, 0) is 117 Å². The van der Waals surface area contributed by atoms with Crippen molar-refractivity contribution in [2.75, 3.05) is 0 Å². The van der Waals surface area contributed by atoms with Crippen molar-refractivity contribution in [2.45, 2.75) is 110 Å². The Kier molecular flexibility index (Phi) is 12.0. The molecule has 0 N–H and O–H groups in total. The van der Waals surface area contributed by atoms with Gasteiger partial charge >= 0.3 is 0 Å². The van der Waals surface area contributed by atoms with Crippen LogP contribution in [0.3, 0.4) is 0 Å². The Bertz CT molecular complexity index is 3510. The molecule has 0 spiro atoms. The molecule has 5 nitrogen and oxygen atoms in total. The number of imidazole rings is 1. The van der Waals surface area contributed by atoms with Crippen LogP contribution in [-0.4, -0.2) is 14.1 Å². The standard InChI is InChI=1S/C67H68N4O/c1-63(2,3)49-31-34-59-58(40-49)57-33-32-56(43-60(57)71(59)62-41-50(35-36-68-62)65(7,8)46-23-16-13-17-24-46)72-55-30-22-29-53(42-55)69-44-61(64(4,5)6)70(45-69)54-38-51(66(9,10)47-25-18-14-19-26-47)37-52(39-54)67(11,12)48-27-20-15-21-28-48/h13-44H,1-12H3. The van der Waals surface area contributed by atoms with Gasteiger partial charge < -0.3 is 4.74 Å². The lowest BCUT2D eigenvalue weighted by molar-refractivity contribution is -0.611. The second-order valence-corrected chi connectivity index (χ2v) is 23.3. The molecule has 3 aromatic heterocycles. The minimum absolute atomic E-state index is 0.00976. The molecule has 10 aromatic rings. The highest BCUT2D eigenvalue weighted by Gasteiger charge is 2.31. The van der Waals surface area contributed by atoms with Crippen LogP contribution >= 0.6 is 0 Å². The molecule has 0 saturated heterocycles. The molecule has 10 rings (SSSR count). The molecule has 0 atom stereocenters. The lowest BCUT2D eigenvalue weighted by Crippen LogP contribution is -2.39. The van der Waals surface area contributed by atoms with E-state index in [2.05, 4.69) is 285 Å². The van der Waals surface area contributed by atoms with Crippen molar-refractivity contribution in [1.29, 1.82) is 0 Å². The van der Waals surface area contributed by atoms with Gasteiger partial charge in [-0.1, -0.05) is 192 Å². The number of aromatic nitrogens is 4. The monoisotopic (exact) mass is 945 g/mol. The summed E-state index contributed by atoms with van der Waals surface area (Å²) in [6.45, 7) is 27.5. The van der Waals surface area contributed by atoms with E-state index >= 15 is 0 Å². The van der Waals surface area contributed by atoms with Crippen molar-refractivity contribution in [3.05, 3.63) is 245 Å². The van der Waals surface area contributed by atoms with Gasteiger partial charge in [-0.3, -0.25) is 13.7 Å². The van der Waals surface area contributed by atoms with Crippen LogP contribution in [0.1, 0.15) is 128 Å². The highest BCUT2D eigenvalue weighted by molar-refractivity contribution is 6.09. The van der Waals surface area contributed by atoms with Crippen LogP contribution in [0.4, 0.5) is 0 Å². The first-order valence-corrected chi connectivity index (χ1v) is 25.4. The number of nitrogens with zero attached hydrogens (tertiary/aromatic N) is 4. The zero-order valence-corrected chi connectivity index (χ0v) is 44.2. The molecule has 3 heterocycles. The quantitative estimate of drug-likeness (QED) is 0.0957. The summed E-state index contributed by atoms with van der Waals surface area (Å²) in [7, 11) is 0. The Morgan fingerprint density at radius 3 is 1.57 bits per heavy atom. The molecule has 0 aliphatic heterocycles. The first-order valence-electron chi connectivity index (χ1n) is 25.4. The van der Waals surface area contributed by atoms with Crippen molar-refractivity contribution < 1.29 is 9.30 Å². The van der Waals surface area contributed by atoms with E-state index in [9.17, 15) is 0 Å². The van der Waals surface area contributed by atoms with E-state index in [1.54, 1.807) is 0 Å². The highest BCUT2D eigenvalue weighted by Crippen LogP contribution is 2.41. The third kappa shape index (κ3) is 8.95. The zero-order valence-electron chi connectivity index (χ0n) is 44.2. The van der Waals surface area contributed by atoms with Crippen LogP contribution in [-0.2, 0) is 27.1 Å². The minimum Gasteiger partial charge on any atom is -0.458 e. The summed E-state index contributed by atoms with van der Waals surface area (Å²) in [4.78, 5) is 5.04. The molecule has 72 heavy (non-hydrogen) atoms. The Morgan fingerprint density at radius 2 is 1.00 bits per heavy atom. The smallest absolute Gasteiger partial charge is 0.269 e. The number of pyridine rings is 1. The predicted molar refractivity (Wildman–Crippen MR) is 298 cm³/mol. The minimum atomic E-state index is -0.262. The Hall–Kier alpha value is -7.50. The van der Waals surface area contributed by atoms with Gasteiger partial charge in [-0.15, -0.1) is 0 Å². The molecule has 7 aromatic carbocycles. The fourth-order valence-corrected chi connectivity index (χ4v) is 10.3. The maximum absolute atomic E-state index is 6.86. The molecule has 0 radical (unpaired) electrons. The van der Waals surface area contributed by atoms with Crippen LogP contribution in [0.15, 0.2) is 194 Å². The van der Waals surface area contributed by atoms with Gasteiger partial charge in [0.25, 0.3) is 6.33 Å². The molecule has 0 saturated carbocycles. The number of hydrogen-bond donors (Lipinski definition) is 0. The molecule has 0 unspecified atom stereocenters. The molecule has 0 aliphatic rings. The molecule has 0 fully saturated rings. The number of benzene rings is 7. The van der Waals surface area contributed by atoms with E-state index in [4.69, 9.17) is 9.72 Å². The SMILES string of the molecule is CC(C)(C)c1ccc2c(c1)c1ccc(Oc3cccc(-n4[c-][n+](-c5cc(C(C)(C)c6ccccc6)cc(C(C)(C)c6ccccc6)c5)c(C(C)(C)C)c4)c3)cc1n2-c1cc(C(C)(C)c2ccccc2)ccn1. The van der Waals surface area contributed by atoms with Gasteiger partial charge in [0.2, 0.25) is 0 Å². The van der Waals surface area contributed by atoms with Crippen LogP contribution in [0, 0.1) is 6.33 Å². The van der Waals surface area contributed by atoms with Crippen LogP contribution < -0.4 is 9.30 Å². The summed E-state index contributed by atoms with van der Waals surface area (Å²) in [6.07, 6.45) is 8.00. The average molecular weight is 945 g/mol. The summed E-state index contributed by atoms with van der Waals surface area (Å²) in [5, 5.41) is 2.34. The molecule has 362 valence electrons. The summed E-state index contributed by atoms with van der Waals surface area (Å²) in [6, 6.07) is 65.6. The normalized spacial score (nSPS) is 12.7. The van der Waals surface area contributed by atoms with Crippen molar-refractivity contribution in [3.63, 3.8) is 0 Å². The van der Waals surface area contributed by atoms with E-state index in [0.29, 0.717) is 0 Å². The van der Waals surface area contributed by atoms with Gasteiger partial charge in [0, 0.05) is 45.5 Å². The second-order valence-electron chi connectivity index (χ2n) is 23.3. The number of hydrogen-bond acceptors (Lipinski definition) is 2. The Morgan fingerprint density at radius 1 is 0.431 bits per heavy atom. The number of ether oxygens (including phenoxy) is 1. The Balaban J connectivity index is 1.06. The van der Waals surface area contributed by atoms with Gasteiger partial charge in [0.05, 0.1) is 28.1 Å². The molecule has 0 aliphatic carbocycles. The topological polar surface area (TPSA) is 35.9 Å². The largest absolute Gasteiger partial charge is 0.458 e. The van der Waals surface area contributed by atoms with Gasteiger partial charge in [0.15, 0.2) is 0 Å². The second kappa shape index (κ2) is 18.0. The lowest BCUT2D eigenvalue weighted by atomic mass is 9.73. The van der Waals surface area contributed by atoms with Crippen molar-refractivity contribution in [1.82, 2.24) is 14.1 Å². The third-order valence-corrected chi connectivity index (χ3v) is 15.2. The third-order valence-electron chi connectivity index (χ3n) is 15.2. The average Bonchev–Trinajstić information content (AvgIpc) is 3.98. The van der Waals surface area contributed by atoms with E-state index in [0.717, 1.165) is 50.8 Å². The summed E-state index contributed by atoms with van der Waals surface area (Å²) in [5.41, 5.74) is 13.1. The van der Waals surface area contributed by atoms with E-state index in [1.807, 2.05) is 12.3 Å². The Labute approximate surface area is 427 Å². The first-order chi connectivity index (χ1) is 34.2. The zero-order chi connectivity index (χ0) is 50.8. The van der Waals surface area contributed by atoms with Gasteiger partial charge in [-0.2, -0.15) is 0 Å². The fourth-order valence-electron chi connectivity index (χ4n) is 10.3. The van der Waals surface area contributed by atoms with E-state index < -0.39 is 0 Å². The fraction of sp³-hybridized carbons (Fsp3) is 0.254. The maximum atomic E-state index is 6.86. The maximum Gasteiger partial charge on any atom is 0.269 e. The van der Waals surface area contributed by atoms with Crippen LogP contribution in [0.2, 0.25) is 0 Å². The van der Waals surface area contributed by atoms with Crippen molar-refractivity contribution in [2.24, 2.45) is 0 Å². The number of fused-ring (bicyclic) bond motifs is 3. The summed E-state index contributed by atoms with van der Waals surface area (Å²) >= 11 is 0. The van der Waals surface area contributed by atoms with E-state index in [-0.39, 0.29) is 27.1 Å². The van der Waals surface area contributed by atoms with Crippen molar-refractivity contribution >= 4 is 21.8 Å². The molecular formula is C67H68N4O. The lowest BCUT2D eigenvalue weighted by Gasteiger charge is -2.32. The van der Waals surface area contributed by atoms with Gasteiger partial charge in [-0.25, -0.2) is 4.98 Å².